The van der Waals surface area contributed by atoms with E-state index < -0.39 is 0 Å². The fourth-order valence-electron chi connectivity index (χ4n) is 0.892. The van der Waals surface area contributed by atoms with Crippen LogP contribution in [0.5, 0.6) is 11.6 Å². The van der Waals surface area contributed by atoms with Crippen LogP contribution >= 0.6 is 0 Å². The summed E-state index contributed by atoms with van der Waals surface area (Å²) >= 11 is 0. The summed E-state index contributed by atoms with van der Waals surface area (Å²) in [6.45, 7) is 1.19. The van der Waals surface area contributed by atoms with Crippen LogP contribution in [0.15, 0.2) is 18.3 Å². The molecule has 72 valence electrons. The summed E-state index contributed by atoms with van der Waals surface area (Å²) in [7, 11) is 1.59. The molecule has 1 rings (SSSR count). The Labute approximate surface area is 77.7 Å². The van der Waals surface area contributed by atoms with E-state index >= 15 is 0 Å². The second-order valence-corrected chi connectivity index (χ2v) is 2.50. The largest absolute Gasteiger partial charge is 0.491 e. The van der Waals surface area contributed by atoms with E-state index in [0.29, 0.717) is 24.8 Å². The van der Waals surface area contributed by atoms with Crippen molar-refractivity contribution in [2.45, 2.75) is 6.42 Å². The minimum absolute atomic E-state index is 0.526. The van der Waals surface area contributed by atoms with Gasteiger partial charge in [0, 0.05) is 6.20 Å². The Kier molecular flexibility index (Phi) is 4.05. The van der Waals surface area contributed by atoms with Crippen LogP contribution in [0.4, 0.5) is 0 Å². The molecule has 0 atom stereocenters. The van der Waals surface area contributed by atoms with Gasteiger partial charge in [-0.2, -0.15) is 0 Å². The lowest BCUT2D eigenvalue weighted by atomic mass is 10.4. The first-order valence-corrected chi connectivity index (χ1v) is 4.20. The molecule has 0 spiro atoms. The fourth-order valence-corrected chi connectivity index (χ4v) is 0.892. The maximum Gasteiger partial charge on any atom is 0.256 e. The van der Waals surface area contributed by atoms with Crippen molar-refractivity contribution in [3.05, 3.63) is 18.3 Å². The molecule has 13 heavy (non-hydrogen) atoms. The normalized spacial score (nSPS) is 9.69. The Bertz CT molecular complexity index is 253. The first-order chi connectivity index (χ1) is 6.38. The average Bonchev–Trinajstić information content (AvgIpc) is 2.19. The monoisotopic (exact) mass is 182 g/mol. The maximum absolute atomic E-state index is 5.35. The van der Waals surface area contributed by atoms with Crippen molar-refractivity contribution in [1.29, 1.82) is 0 Å². The quantitative estimate of drug-likeness (QED) is 0.685. The Morgan fingerprint density at radius 2 is 2.38 bits per heavy atom. The van der Waals surface area contributed by atoms with E-state index in [0.717, 1.165) is 6.42 Å². The number of hydrogen-bond donors (Lipinski definition) is 1. The van der Waals surface area contributed by atoms with Crippen molar-refractivity contribution in [3.63, 3.8) is 0 Å². The molecular formula is C9H14N2O2. The van der Waals surface area contributed by atoms with Gasteiger partial charge in [0.2, 0.25) is 0 Å². The topological polar surface area (TPSA) is 57.4 Å². The highest BCUT2D eigenvalue weighted by molar-refractivity contribution is 5.32. The number of nitrogens with zero attached hydrogens (tertiary/aromatic N) is 1. The Balaban J connectivity index is 2.54. The van der Waals surface area contributed by atoms with E-state index in [1.807, 2.05) is 6.07 Å². The molecule has 4 nitrogen and oxygen atoms in total. The van der Waals surface area contributed by atoms with Crippen LogP contribution in [-0.4, -0.2) is 25.2 Å². The summed E-state index contributed by atoms with van der Waals surface area (Å²) in [6.07, 6.45) is 2.49. The average molecular weight is 182 g/mol. The first-order valence-electron chi connectivity index (χ1n) is 4.20. The molecule has 0 aliphatic heterocycles. The molecule has 1 heterocycles. The van der Waals surface area contributed by atoms with Gasteiger partial charge in [-0.1, -0.05) is 0 Å². The molecule has 0 aliphatic carbocycles. The predicted molar refractivity (Wildman–Crippen MR) is 50.0 cm³/mol. The highest BCUT2D eigenvalue weighted by Crippen LogP contribution is 2.22. The lowest BCUT2D eigenvalue weighted by Crippen LogP contribution is -2.07. The number of hydrogen-bond acceptors (Lipinski definition) is 4. The van der Waals surface area contributed by atoms with E-state index in [1.54, 1.807) is 19.4 Å². The van der Waals surface area contributed by atoms with Gasteiger partial charge in [0.1, 0.15) is 0 Å². The minimum Gasteiger partial charge on any atom is -0.491 e. The van der Waals surface area contributed by atoms with Gasteiger partial charge in [0.25, 0.3) is 5.88 Å². The molecule has 1 aromatic rings. The summed E-state index contributed by atoms with van der Waals surface area (Å²) in [4.78, 5) is 4.03. The van der Waals surface area contributed by atoms with Crippen LogP contribution in [-0.2, 0) is 0 Å². The predicted octanol–water partition coefficient (Wildman–Crippen LogP) is 0.818. The van der Waals surface area contributed by atoms with E-state index in [4.69, 9.17) is 15.2 Å². The van der Waals surface area contributed by atoms with Gasteiger partial charge in [0.05, 0.1) is 13.7 Å². The smallest absolute Gasteiger partial charge is 0.256 e. The zero-order chi connectivity index (χ0) is 9.52. The summed E-state index contributed by atoms with van der Waals surface area (Å²) in [5.74, 6) is 1.18. The van der Waals surface area contributed by atoms with Gasteiger partial charge in [-0.15, -0.1) is 0 Å². The summed E-state index contributed by atoms with van der Waals surface area (Å²) in [5.41, 5.74) is 5.33. The zero-order valence-corrected chi connectivity index (χ0v) is 7.69. The standard InChI is InChI=1S/C9H14N2O2/c1-12-8-4-2-6-11-9(8)13-7-3-5-10/h2,4,6H,3,5,7,10H2,1H3. The molecule has 4 heteroatoms. The fraction of sp³-hybridized carbons (Fsp3) is 0.444. The zero-order valence-electron chi connectivity index (χ0n) is 7.69. The SMILES string of the molecule is COc1cccnc1OCCCN. The van der Waals surface area contributed by atoms with Crippen molar-refractivity contribution in [3.8, 4) is 11.6 Å². The highest BCUT2D eigenvalue weighted by Gasteiger charge is 2.02. The molecule has 1 aromatic heterocycles. The van der Waals surface area contributed by atoms with Crippen molar-refractivity contribution in [1.82, 2.24) is 4.98 Å². The number of nitrogens with two attached hydrogens (primary N) is 1. The molecule has 0 saturated heterocycles. The van der Waals surface area contributed by atoms with Gasteiger partial charge in [-0.05, 0) is 25.1 Å². The Morgan fingerprint density at radius 3 is 3.08 bits per heavy atom. The van der Waals surface area contributed by atoms with E-state index in [9.17, 15) is 0 Å². The third-order valence-corrected chi connectivity index (χ3v) is 1.54. The first kappa shape index (κ1) is 9.80. The van der Waals surface area contributed by atoms with E-state index in [-0.39, 0.29) is 0 Å². The van der Waals surface area contributed by atoms with Crippen LogP contribution in [0.25, 0.3) is 0 Å². The number of methoxy groups -OCH3 is 1. The molecule has 0 aliphatic rings. The molecule has 0 fully saturated rings. The third-order valence-electron chi connectivity index (χ3n) is 1.54. The van der Waals surface area contributed by atoms with Crippen LogP contribution in [0.2, 0.25) is 0 Å². The maximum atomic E-state index is 5.35. The second-order valence-electron chi connectivity index (χ2n) is 2.50. The van der Waals surface area contributed by atoms with Crippen LogP contribution in [0.1, 0.15) is 6.42 Å². The molecule has 0 unspecified atom stereocenters. The van der Waals surface area contributed by atoms with E-state index in [2.05, 4.69) is 4.98 Å². The van der Waals surface area contributed by atoms with E-state index in [1.165, 1.54) is 0 Å². The number of pyridine rings is 1. The van der Waals surface area contributed by atoms with Gasteiger partial charge in [-0.25, -0.2) is 4.98 Å². The van der Waals surface area contributed by atoms with Gasteiger partial charge in [-0.3, -0.25) is 0 Å². The van der Waals surface area contributed by atoms with Gasteiger partial charge < -0.3 is 15.2 Å². The molecule has 0 aromatic carbocycles. The Hall–Kier alpha value is -1.29. The molecule has 0 radical (unpaired) electrons. The molecule has 0 bridgehead atoms. The highest BCUT2D eigenvalue weighted by atomic mass is 16.5. The third kappa shape index (κ3) is 2.91. The van der Waals surface area contributed by atoms with Gasteiger partial charge >= 0.3 is 0 Å². The van der Waals surface area contributed by atoms with Crippen molar-refractivity contribution in [2.75, 3.05) is 20.3 Å². The van der Waals surface area contributed by atoms with Gasteiger partial charge in [0.15, 0.2) is 5.75 Å². The molecule has 0 amide bonds. The molecular weight excluding hydrogens is 168 g/mol. The summed E-state index contributed by atoms with van der Waals surface area (Å²) in [6, 6.07) is 3.61. The molecule has 0 saturated carbocycles. The molecule has 2 N–H and O–H groups in total. The minimum atomic E-state index is 0.526. The summed E-state index contributed by atoms with van der Waals surface area (Å²) < 4.78 is 10.4. The van der Waals surface area contributed by atoms with Crippen LogP contribution in [0.3, 0.4) is 0 Å². The van der Waals surface area contributed by atoms with Crippen LogP contribution in [0, 0.1) is 0 Å². The van der Waals surface area contributed by atoms with Crippen molar-refractivity contribution < 1.29 is 9.47 Å². The van der Waals surface area contributed by atoms with Crippen molar-refractivity contribution in [2.24, 2.45) is 5.73 Å². The van der Waals surface area contributed by atoms with Crippen LogP contribution < -0.4 is 15.2 Å². The Morgan fingerprint density at radius 1 is 1.54 bits per heavy atom. The second kappa shape index (κ2) is 5.37. The van der Waals surface area contributed by atoms with Crippen molar-refractivity contribution >= 4 is 0 Å². The number of rotatable bonds is 5. The number of aromatic nitrogens is 1. The lowest BCUT2D eigenvalue weighted by Gasteiger charge is -2.07. The lowest BCUT2D eigenvalue weighted by molar-refractivity contribution is 0.279. The number of ether oxygens (including phenoxy) is 2. The summed E-state index contributed by atoms with van der Waals surface area (Å²) in [5, 5.41) is 0.